The zero-order valence-electron chi connectivity index (χ0n) is 18.5. The standard InChI is InChI=1S/C23H24F3N5O3/c1-2-34-20-7-6-16-17(4-3-5-18(16)30-20)21(32)27-14-19(31-8-10-33-11-9-31)15-12-28-22(29-13-15)23(24,25)26/h3-7,12-13,19H,2,8-11,14H2,1H3,(H,27,32). The number of fused-ring (bicyclic) bond motifs is 1. The molecule has 34 heavy (non-hydrogen) atoms. The van der Waals surface area contributed by atoms with Crippen molar-refractivity contribution in [2.24, 2.45) is 0 Å². The monoisotopic (exact) mass is 475 g/mol. The van der Waals surface area contributed by atoms with E-state index in [0.717, 1.165) is 0 Å². The molecular formula is C23H24F3N5O3. The Balaban J connectivity index is 1.55. The van der Waals surface area contributed by atoms with Gasteiger partial charge in [0, 0.05) is 54.6 Å². The third-order valence-corrected chi connectivity index (χ3v) is 5.50. The molecule has 0 saturated carbocycles. The summed E-state index contributed by atoms with van der Waals surface area (Å²) in [6.45, 7) is 4.62. The highest BCUT2D eigenvalue weighted by Crippen LogP contribution is 2.27. The molecule has 3 heterocycles. The highest BCUT2D eigenvalue weighted by molar-refractivity contribution is 6.06. The van der Waals surface area contributed by atoms with Gasteiger partial charge >= 0.3 is 6.18 Å². The molecule has 1 fully saturated rings. The van der Waals surface area contributed by atoms with Crippen LogP contribution in [-0.4, -0.2) is 65.2 Å². The predicted octanol–water partition coefficient (Wildman–Crippen LogP) is 3.25. The molecule has 1 atom stereocenters. The summed E-state index contributed by atoms with van der Waals surface area (Å²) in [6.07, 6.45) is -2.29. The van der Waals surface area contributed by atoms with Gasteiger partial charge in [-0.2, -0.15) is 13.2 Å². The second kappa shape index (κ2) is 10.3. The largest absolute Gasteiger partial charge is 0.478 e. The molecule has 1 N–H and O–H groups in total. The Morgan fingerprint density at radius 1 is 1.18 bits per heavy atom. The van der Waals surface area contributed by atoms with Gasteiger partial charge in [-0.15, -0.1) is 0 Å². The Morgan fingerprint density at radius 2 is 1.91 bits per heavy atom. The Labute approximate surface area is 194 Å². The molecule has 0 radical (unpaired) electrons. The smallest absolute Gasteiger partial charge is 0.451 e. The number of halogens is 3. The quantitative estimate of drug-likeness (QED) is 0.561. The summed E-state index contributed by atoms with van der Waals surface area (Å²) >= 11 is 0. The van der Waals surface area contributed by atoms with Crippen LogP contribution in [0.5, 0.6) is 5.88 Å². The van der Waals surface area contributed by atoms with E-state index in [0.29, 0.717) is 60.8 Å². The third kappa shape index (κ3) is 5.42. The number of carbonyl (C=O) groups is 1. The van der Waals surface area contributed by atoms with Crippen LogP contribution < -0.4 is 10.1 Å². The molecule has 1 amide bonds. The Kier molecular flexibility index (Phi) is 7.23. The molecule has 1 aliphatic heterocycles. The van der Waals surface area contributed by atoms with E-state index < -0.39 is 18.0 Å². The number of nitrogens with one attached hydrogen (secondary N) is 1. The molecule has 8 nitrogen and oxygen atoms in total. The fraction of sp³-hybridized carbons (Fsp3) is 0.391. The molecule has 0 spiro atoms. The first kappa shape index (κ1) is 23.8. The first-order chi connectivity index (χ1) is 16.4. The van der Waals surface area contributed by atoms with Crippen molar-refractivity contribution in [3.63, 3.8) is 0 Å². The molecular weight excluding hydrogens is 451 g/mol. The van der Waals surface area contributed by atoms with Crippen LogP contribution in [0.3, 0.4) is 0 Å². The molecule has 2 aromatic heterocycles. The second-order valence-electron chi connectivity index (χ2n) is 7.67. The normalized spacial score (nSPS) is 15.8. The highest BCUT2D eigenvalue weighted by Gasteiger charge is 2.35. The number of benzene rings is 1. The number of hydrogen-bond donors (Lipinski definition) is 1. The summed E-state index contributed by atoms with van der Waals surface area (Å²) < 4.78 is 49.5. The van der Waals surface area contributed by atoms with E-state index in [9.17, 15) is 18.0 Å². The minimum atomic E-state index is -4.62. The summed E-state index contributed by atoms with van der Waals surface area (Å²) in [6, 6.07) is 8.32. The number of nitrogens with zero attached hydrogens (tertiary/aromatic N) is 4. The maximum absolute atomic E-state index is 13.1. The average molecular weight is 475 g/mol. The van der Waals surface area contributed by atoms with Crippen molar-refractivity contribution in [3.05, 3.63) is 59.7 Å². The van der Waals surface area contributed by atoms with E-state index in [1.807, 2.05) is 11.8 Å². The Morgan fingerprint density at radius 3 is 2.59 bits per heavy atom. The van der Waals surface area contributed by atoms with Crippen LogP contribution in [0, 0.1) is 0 Å². The van der Waals surface area contributed by atoms with E-state index in [2.05, 4.69) is 20.3 Å². The van der Waals surface area contributed by atoms with Crippen molar-refractivity contribution in [1.82, 2.24) is 25.2 Å². The lowest BCUT2D eigenvalue weighted by Gasteiger charge is -2.34. The van der Waals surface area contributed by atoms with Gasteiger partial charge in [0.25, 0.3) is 5.91 Å². The molecule has 3 aromatic rings. The number of hydrogen-bond acceptors (Lipinski definition) is 7. The maximum Gasteiger partial charge on any atom is 0.451 e. The second-order valence-corrected chi connectivity index (χ2v) is 7.67. The van der Waals surface area contributed by atoms with Gasteiger partial charge in [0.15, 0.2) is 0 Å². The zero-order valence-corrected chi connectivity index (χ0v) is 18.5. The molecule has 1 unspecified atom stereocenters. The third-order valence-electron chi connectivity index (χ3n) is 5.50. The van der Waals surface area contributed by atoms with E-state index in [-0.39, 0.29) is 12.5 Å². The van der Waals surface area contributed by atoms with Crippen LogP contribution in [-0.2, 0) is 10.9 Å². The van der Waals surface area contributed by atoms with E-state index in [4.69, 9.17) is 9.47 Å². The Bertz CT molecular complexity index is 1130. The first-order valence-electron chi connectivity index (χ1n) is 10.9. The van der Waals surface area contributed by atoms with E-state index in [1.54, 1.807) is 30.3 Å². The van der Waals surface area contributed by atoms with Crippen LogP contribution in [0.4, 0.5) is 13.2 Å². The van der Waals surface area contributed by atoms with Gasteiger partial charge in [-0.05, 0) is 25.1 Å². The van der Waals surface area contributed by atoms with Crippen molar-refractivity contribution in [2.45, 2.75) is 19.1 Å². The summed E-state index contributed by atoms with van der Waals surface area (Å²) in [5.74, 6) is -1.04. The van der Waals surface area contributed by atoms with E-state index in [1.165, 1.54) is 12.4 Å². The first-order valence-corrected chi connectivity index (χ1v) is 10.9. The number of rotatable bonds is 7. The number of alkyl halides is 3. The minimum absolute atomic E-state index is 0.161. The van der Waals surface area contributed by atoms with Gasteiger partial charge < -0.3 is 14.8 Å². The van der Waals surface area contributed by atoms with Crippen LogP contribution in [0.2, 0.25) is 0 Å². The van der Waals surface area contributed by atoms with Crippen LogP contribution in [0.1, 0.15) is 34.7 Å². The number of pyridine rings is 1. The van der Waals surface area contributed by atoms with E-state index >= 15 is 0 Å². The van der Waals surface area contributed by atoms with Gasteiger partial charge in [0.1, 0.15) is 0 Å². The van der Waals surface area contributed by atoms with Crippen LogP contribution in [0.25, 0.3) is 10.9 Å². The number of carbonyl (C=O) groups excluding carboxylic acids is 1. The maximum atomic E-state index is 13.1. The summed E-state index contributed by atoms with van der Waals surface area (Å²) in [5, 5.41) is 3.58. The zero-order chi connectivity index (χ0) is 24.1. The van der Waals surface area contributed by atoms with Crippen molar-refractivity contribution in [1.29, 1.82) is 0 Å². The highest BCUT2D eigenvalue weighted by atomic mass is 19.4. The predicted molar refractivity (Wildman–Crippen MR) is 117 cm³/mol. The lowest BCUT2D eigenvalue weighted by Crippen LogP contribution is -2.44. The molecule has 180 valence electrons. The van der Waals surface area contributed by atoms with Crippen molar-refractivity contribution in [2.75, 3.05) is 39.5 Å². The molecule has 0 bridgehead atoms. The lowest BCUT2D eigenvalue weighted by atomic mass is 10.1. The molecule has 1 aliphatic rings. The van der Waals surface area contributed by atoms with Gasteiger partial charge in [-0.25, -0.2) is 15.0 Å². The number of morpholine rings is 1. The molecule has 1 saturated heterocycles. The Hall–Kier alpha value is -3.31. The topological polar surface area (TPSA) is 89.5 Å². The average Bonchev–Trinajstić information content (AvgIpc) is 2.84. The number of ether oxygens (including phenoxy) is 2. The molecule has 0 aliphatic carbocycles. The summed E-state index contributed by atoms with van der Waals surface area (Å²) in [5.41, 5.74) is 1.55. The fourth-order valence-corrected chi connectivity index (χ4v) is 3.85. The van der Waals surface area contributed by atoms with Crippen LogP contribution >= 0.6 is 0 Å². The fourth-order valence-electron chi connectivity index (χ4n) is 3.85. The molecule has 4 rings (SSSR count). The minimum Gasteiger partial charge on any atom is -0.478 e. The SMILES string of the molecule is CCOc1ccc2c(C(=O)NCC(c3cnc(C(F)(F)F)nc3)N3CCOCC3)cccc2n1. The van der Waals surface area contributed by atoms with Crippen LogP contribution in [0.15, 0.2) is 42.7 Å². The summed E-state index contributed by atoms with van der Waals surface area (Å²) in [7, 11) is 0. The molecule has 11 heteroatoms. The van der Waals surface area contributed by atoms with Gasteiger partial charge in [-0.3, -0.25) is 9.69 Å². The van der Waals surface area contributed by atoms with Crippen molar-refractivity contribution in [3.8, 4) is 5.88 Å². The van der Waals surface area contributed by atoms with Gasteiger partial charge in [0.2, 0.25) is 11.7 Å². The van der Waals surface area contributed by atoms with Crippen molar-refractivity contribution >= 4 is 16.8 Å². The van der Waals surface area contributed by atoms with Gasteiger partial charge in [-0.1, -0.05) is 6.07 Å². The lowest BCUT2D eigenvalue weighted by molar-refractivity contribution is -0.145. The van der Waals surface area contributed by atoms with Crippen molar-refractivity contribution < 1.29 is 27.4 Å². The number of aromatic nitrogens is 3. The number of amides is 1. The summed E-state index contributed by atoms with van der Waals surface area (Å²) in [4.78, 5) is 26.5. The van der Waals surface area contributed by atoms with Gasteiger partial charge in [0.05, 0.1) is 31.4 Å². The molecule has 1 aromatic carbocycles.